The van der Waals surface area contributed by atoms with Crippen LogP contribution in [0, 0.1) is 5.82 Å². The van der Waals surface area contributed by atoms with Crippen LogP contribution in [0.15, 0.2) is 76.7 Å². The maximum Gasteiger partial charge on any atom is 0.280 e. The molecule has 0 saturated carbocycles. The number of hydrogen-bond donors (Lipinski definition) is 1. The third kappa shape index (κ3) is 4.11. The maximum absolute atomic E-state index is 14.6. The molecule has 6 nitrogen and oxygen atoms in total. The van der Waals surface area contributed by atoms with Crippen molar-refractivity contribution in [1.82, 2.24) is 4.41 Å². The summed E-state index contributed by atoms with van der Waals surface area (Å²) < 4.78 is 41.6. The number of halogens is 2. The van der Waals surface area contributed by atoms with E-state index in [2.05, 4.69) is 10.4 Å². The van der Waals surface area contributed by atoms with E-state index in [0.717, 1.165) is 5.56 Å². The number of para-hydroxylation sites is 1. The number of nitrogens with zero attached hydrogens (tertiary/aromatic N) is 2. The van der Waals surface area contributed by atoms with E-state index in [1.165, 1.54) is 36.4 Å². The number of fused-ring (bicyclic) bond motifs is 1. The summed E-state index contributed by atoms with van der Waals surface area (Å²) in [6, 6.07) is 17.3. The van der Waals surface area contributed by atoms with Crippen molar-refractivity contribution < 1.29 is 17.6 Å². The molecule has 1 aliphatic rings. The summed E-state index contributed by atoms with van der Waals surface area (Å²) in [4.78, 5) is 12.6. The first-order valence-corrected chi connectivity index (χ1v) is 11.7. The van der Waals surface area contributed by atoms with Gasteiger partial charge in [-0.25, -0.2) is 4.39 Å². The van der Waals surface area contributed by atoms with Crippen LogP contribution < -0.4 is 5.32 Å². The Morgan fingerprint density at radius 1 is 1.06 bits per heavy atom. The summed E-state index contributed by atoms with van der Waals surface area (Å²) in [5.41, 5.74) is 1.87. The summed E-state index contributed by atoms with van der Waals surface area (Å²) in [6.45, 7) is 1.38. The largest absolute Gasteiger partial charge is 0.324 e. The van der Waals surface area contributed by atoms with E-state index in [1.54, 1.807) is 18.2 Å². The second-order valence-electron chi connectivity index (χ2n) is 7.11. The number of rotatable bonds is 5. The molecule has 1 amide bonds. The zero-order valence-electron chi connectivity index (χ0n) is 17.0. The highest BCUT2D eigenvalue weighted by molar-refractivity contribution is 7.89. The minimum atomic E-state index is -4.15. The normalized spacial score (nSPS) is 14.5. The molecule has 3 aromatic carbocycles. The minimum absolute atomic E-state index is 0.0807. The Morgan fingerprint density at radius 3 is 2.53 bits per heavy atom. The predicted octanol–water partition coefficient (Wildman–Crippen LogP) is 4.44. The molecule has 164 valence electrons. The molecule has 0 radical (unpaired) electrons. The van der Waals surface area contributed by atoms with Gasteiger partial charge < -0.3 is 5.32 Å². The highest BCUT2D eigenvalue weighted by atomic mass is 35.5. The van der Waals surface area contributed by atoms with Gasteiger partial charge in [-0.2, -0.15) is 17.9 Å². The molecule has 3 aromatic rings. The van der Waals surface area contributed by atoms with Crippen molar-refractivity contribution in [3.05, 3.63) is 94.3 Å². The molecule has 0 saturated heterocycles. The number of hydrogen-bond acceptors (Lipinski definition) is 4. The Hall–Kier alpha value is -3.23. The number of anilines is 1. The highest BCUT2D eigenvalue weighted by Gasteiger charge is 2.35. The molecular formula is C23H19ClFN3O3S. The fraction of sp³-hybridized carbons (Fsp3) is 0.130. The van der Waals surface area contributed by atoms with Crippen LogP contribution in [0.2, 0.25) is 5.02 Å². The Balaban J connectivity index is 1.75. The van der Waals surface area contributed by atoms with Crippen molar-refractivity contribution in [1.29, 1.82) is 0 Å². The summed E-state index contributed by atoms with van der Waals surface area (Å²) in [5, 5.41) is 7.19. The lowest BCUT2D eigenvalue weighted by Crippen LogP contribution is -2.39. The van der Waals surface area contributed by atoms with Crippen molar-refractivity contribution in [2.24, 2.45) is 5.10 Å². The van der Waals surface area contributed by atoms with E-state index >= 15 is 0 Å². The highest BCUT2D eigenvalue weighted by Crippen LogP contribution is 2.31. The SMILES string of the molecule is CCc1ccccc1NC(=O)CN1N=C(c2ccccc2F)c2cc(Cl)ccc2S1(=O)=O. The number of sulfonamides is 1. The Morgan fingerprint density at radius 2 is 1.78 bits per heavy atom. The molecule has 0 atom stereocenters. The van der Waals surface area contributed by atoms with Gasteiger partial charge >= 0.3 is 0 Å². The maximum atomic E-state index is 14.6. The van der Waals surface area contributed by atoms with Gasteiger partial charge in [-0.1, -0.05) is 48.9 Å². The number of benzene rings is 3. The van der Waals surface area contributed by atoms with Gasteiger partial charge in [0.2, 0.25) is 5.91 Å². The smallest absolute Gasteiger partial charge is 0.280 e. The molecule has 0 fully saturated rings. The van der Waals surface area contributed by atoms with Crippen molar-refractivity contribution in [2.45, 2.75) is 18.2 Å². The standard InChI is InChI=1S/C23H19ClFN3O3S/c1-2-15-7-3-6-10-20(15)26-22(29)14-28-27-23(17-8-4-5-9-19(17)25)18-13-16(24)11-12-21(18)32(28,30)31/h3-13H,2,14H2,1H3,(H,26,29). The third-order valence-electron chi connectivity index (χ3n) is 5.04. The molecule has 4 rings (SSSR count). The van der Waals surface area contributed by atoms with E-state index in [4.69, 9.17) is 11.6 Å². The zero-order valence-corrected chi connectivity index (χ0v) is 18.6. The second-order valence-corrected chi connectivity index (χ2v) is 9.36. The summed E-state index contributed by atoms with van der Waals surface area (Å²) in [6.07, 6.45) is 0.697. The fourth-order valence-corrected chi connectivity index (χ4v) is 5.03. The molecular weight excluding hydrogens is 453 g/mol. The van der Waals surface area contributed by atoms with Gasteiger partial charge in [-0.15, -0.1) is 0 Å². The fourth-order valence-electron chi connectivity index (χ4n) is 3.48. The Kier molecular flexibility index (Phi) is 5.99. The average molecular weight is 472 g/mol. The first kappa shape index (κ1) is 22.0. The predicted molar refractivity (Wildman–Crippen MR) is 122 cm³/mol. The van der Waals surface area contributed by atoms with E-state index < -0.39 is 28.3 Å². The molecule has 32 heavy (non-hydrogen) atoms. The molecule has 0 aromatic heterocycles. The summed E-state index contributed by atoms with van der Waals surface area (Å²) in [5.74, 6) is -1.14. The Labute approximate surface area is 190 Å². The molecule has 1 aliphatic heterocycles. The van der Waals surface area contributed by atoms with Crippen LogP contribution in [0.3, 0.4) is 0 Å². The van der Waals surface area contributed by atoms with Gasteiger partial charge in [0.15, 0.2) is 0 Å². The van der Waals surface area contributed by atoms with Gasteiger partial charge in [0, 0.05) is 21.8 Å². The Bertz CT molecular complexity index is 1340. The van der Waals surface area contributed by atoms with Gasteiger partial charge in [0.25, 0.3) is 10.0 Å². The number of hydrazone groups is 1. The lowest BCUT2D eigenvalue weighted by molar-refractivity contribution is -0.116. The average Bonchev–Trinajstić information content (AvgIpc) is 2.76. The first-order chi connectivity index (χ1) is 15.3. The molecule has 9 heteroatoms. The molecule has 1 heterocycles. The van der Waals surface area contributed by atoms with Crippen LogP contribution in [-0.4, -0.2) is 31.0 Å². The lowest BCUT2D eigenvalue weighted by atomic mass is 10.0. The van der Waals surface area contributed by atoms with Crippen molar-refractivity contribution >= 4 is 38.9 Å². The molecule has 0 bridgehead atoms. The number of nitrogens with one attached hydrogen (secondary N) is 1. The van der Waals surface area contributed by atoms with Crippen LogP contribution >= 0.6 is 11.6 Å². The van der Waals surface area contributed by atoms with Gasteiger partial charge in [-0.05, 0) is 48.4 Å². The van der Waals surface area contributed by atoms with Crippen molar-refractivity contribution in [3.8, 4) is 0 Å². The zero-order chi connectivity index (χ0) is 22.9. The molecule has 0 unspecified atom stereocenters. The van der Waals surface area contributed by atoms with E-state index in [1.807, 2.05) is 19.1 Å². The summed E-state index contributed by atoms with van der Waals surface area (Å²) >= 11 is 6.08. The van der Waals surface area contributed by atoms with Crippen LogP contribution in [0.25, 0.3) is 0 Å². The van der Waals surface area contributed by atoms with Gasteiger partial charge in [-0.3, -0.25) is 4.79 Å². The topological polar surface area (TPSA) is 78.8 Å². The first-order valence-electron chi connectivity index (χ1n) is 9.85. The lowest BCUT2D eigenvalue weighted by Gasteiger charge is -2.27. The number of aryl methyl sites for hydroxylation is 1. The van der Waals surface area contributed by atoms with E-state index in [-0.39, 0.29) is 26.8 Å². The van der Waals surface area contributed by atoms with Crippen LogP contribution in [0.4, 0.5) is 10.1 Å². The monoisotopic (exact) mass is 471 g/mol. The van der Waals surface area contributed by atoms with Crippen molar-refractivity contribution in [2.75, 3.05) is 11.9 Å². The quantitative estimate of drug-likeness (QED) is 0.597. The van der Waals surface area contributed by atoms with Crippen LogP contribution in [0.1, 0.15) is 23.6 Å². The second kappa shape index (κ2) is 8.72. The molecule has 1 N–H and O–H groups in total. The van der Waals surface area contributed by atoms with Gasteiger partial charge in [0.1, 0.15) is 18.1 Å². The number of amides is 1. The van der Waals surface area contributed by atoms with Crippen LogP contribution in [-0.2, 0) is 21.2 Å². The third-order valence-corrected chi connectivity index (χ3v) is 6.96. The number of carbonyl (C=O) groups is 1. The van der Waals surface area contributed by atoms with Crippen molar-refractivity contribution in [3.63, 3.8) is 0 Å². The molecule has 0 aliphatic carbocycles. The number of carbonyl (C=O) groups excluding carboxylic acids is 1. The van der Waals surface area contributed by atoms with E-state index in [0.29, 0.717) is 16.5 Å². The van der Waals surface area contributed by atoms with E-state index in [9.17, 15) is 17.6 Å². The van der Waals surface area contributed by atoms with Crippen LogP contribution in [0.5, 0.6) is 0 Å². The molecule has 0 spiro atoms. The minimum Gasteiger partial charge on any atom is -0.324 e. The van der Waals surface area contributed by atoms with Gasteiger partial charge in [0.05, 0.1) is 4.90 Å². The summed E-state index contributed by atoms with van der Waals surface area (Å²) in [7, 11) is -4.15.